The highest BCUT2D eigenvalue weighted by atomic mass is 16.2. The number of benzene rings is 3. The Morgan fingerprint density at radius 3 is 2.36 bits per heavy atom. The van der Waals surface area contributed by atoms with Crippen LogP contribution in [0.15, 0.2) is 60.7 Å². The van der Waals surface area contributed by atoms with Crippen LogP contribution in [0.4, 0.5) is 0 Å². The van der Waals surface area contributed by atoms with Crippen molar-refractivity contribution in [3.05, 3.63) is 71.8 Å². The fourth-order valence-electron chi connectivity index (χ4n) is 5.80. The molecule has 0 bridgehead atoms. The predicted octanol–water partition coefficient (Wildman–Crippen LogP) is 5.46. The number of nitrogens with zero attached hydrogens (tertiary/aromatic N) is 2. The van der Waals surface area contributed by atoms with Crippen LogP contribution in [0.1, 0.15) is 46.5 Å². The van der Waals surface area contributed by atoms with E-state index in [4.69, 9.17) is 0 Å². The van der Waals surface area contributed by atoms with Crippen LogP contribution in [0, 0.1) is 0 Å². The first kappa shape index (κ1) is 18.4. The van der Waals surface area contributed by atoms with Gasteiger partial charge in [0, 0.05) is 39.5 Å². The van der Waals surface area contributed by atoms with Crippen LogP contribution >= 0.6 is 0 Å². The molecule has 0 saturated carbocycles. The Labute approximate surface area is 188 Å². The van der Waals surface area contributed by atoms with Gasteiger partial charge in [0.15, 0.2) is 0 Å². The lowest BCUT2D eigenvalue weighted by atomic mass is 9.96. The maximum atomic E-state index is 13.6. The van der Waals surface area contributed by atoms with E-state index in [9.17, 15) is 14.4 Å². The molecule has 1 aliphatic heterocycles. The maximum Gasteiger partial charge on any atom is 0.269 e. The van der Waals surface area contributed by atoms with Crippen LogP contribution in [-0.2, 0) is 4.79 Å². The standard InChI is InChI=1S/C27H19N3O3/c1-14(31)29-26(32)22-20-16-10-4-6-12-18(16)28-24(20)25-21(23(22)27(29)33)17-11-5-7-13-19(17)30(25)15-8-2-3-9-15/h2,4-8,10-13,15,28H,3,9H2,1H3. The molecule has 7 rings (SSSR count). The number of carbonyl (C=O) groups is 3. The Kier molecular flexibility index (Phi) is 3.45. The van der Waals surface area contributed by atoms with Crippen molar-refractivity contribution in [2.24, 2.45) is 0 Å². The molecule has 33 heavy (non-hydrogen) atoms. The molecule has 5 aromatic rings. The highest BCUT2D eigenvalue weighted by molar-refractivity contribution is 6.42. The molecule has 3 amide bonds. The molecular weight excluding hydrogens is 414 g/mol. The minimum absolute atomic E-state index is 0.149. The molecule has 0 radical (unpaired) electrons. The quantitative estimate of drug-likeness (QED) is 0.282. The largest absolute Gasteiger partial charge is 0.353 e. The van der Waals surface area contributed by atoms with Gasteiger partial charge in [-0.25, -0.2) is 4.90 Å². The summed E-state index contributed by atoms with van der Waals surface area (Å²) < 4.78 is 2.29. The lowest BCUT2D eigenvalue weighted by molar-refractivity contribution is -0.124. The second-order valence-corrected chi connectivity index (χ2v) is 8.82. The van der Waals surface area contributed by atoms with Crippen molar-refractivity contribution in [3.63, 3.8) is 0 Å². The average molecular weight is 433 g/mol. The second kappa shape index (κ2) is 6.19. The van der Waals surface area contributed by atoms with E-state index < -0.39 is 17.7 Å². The molecule has 1 aliphatic carbocycles. The molecule has 6 nitrogen and oxygen atoms in total. The first-order valence-corrected chi connectivity index (χ1v) is 11.1. The number of hydrogen-bond donors (Lipinski definition) is 1. The van der Waals surface area contributed by atoms with E-state index in [1.807, 2.05) is 42.5 Å². The summed E-state index contributed by atoms with van der Waals surface area (Å²) in [6, 6.07) is 15.9. The zero-order valence-electron chi connectivity index (χ0n) is 17.9. The van der Waals surface area contributed by atoms with Crippen molar-refractivity contribution in [2.45, 2.75) is 25.8 Å². The van der Waals surface area contributed by atoms with Gasteiger partial charge in [-0.1, -0.05) is 48.6 Å². The number of carbonyl (C=O) groups excluding carboxylic acids is 3. The van der Waals surface area contributed by atoms with E-state index in [1.165, 1.54) is 6.92 Å². The summed E-state index contributed by atoms with van der Waals surface area (Å²) in [7, 11) is 0. The zero-order chi connectivity index (χ0) is 22.4. The topological polar surface area (TPSA) is 75.2 Å². The van der Waals surface area contributed by atoms with Gasteiger partial charge in [0.05, 0.1) is 28.2 Å². The molecule has 2 aromatic heterocycles. The second-order valence-electron chi connectivity index (χ2n) is 8.82. The fourth-order valence-corrected chi connectivity index (χ4v) is 5.80. The lowest BCUT2D eigenvalue weighted by Gasteiger charge is -2.15. The summed E-state index contributed by atoms with van der Waals surface area (Å²) in [5, 5.41) is 3.23. The number of H-pyrrole nitrogens is 1. The van der Waals surface area contributed by atoms with E-state index >= 15 is 0 Å². The molecule has 0 fully saturated rings. The number of nitrogens with one attached hydrogen (secondary N) is 1. The average Bonchev–Trinajstić information content (AvgIpc) is 3.56. The molecule has 0 saturated heterocycles. The fraction of sp³-hybridized carbons (Fsp3) is 0.148. The van der Waals surface area contributed by atoms with Crippen LogP contribution in [0.5, 0.6) is 0 Å². The summed E-state index contributed by atoms with van der Waals surface area (Å²) in [5.41, 5.74) is 4.29. The zero-order valence-corrected chi connectivity index (χ0v) is 17.9. The van der Waals surface area contributed by atoms with Crippen LogP contribution < -0.4 is 0 Å². The van der Waals surface area contributed by atoms with Gasteiger partial charge in [-0.05, 0) is 25.0 Å². The third kappa shape index (κ3) is 2.15. The minimum Gasteiger partial charge on any atom is -0.353 e. The smallest absolute Gasteiger partial charge is 0.269 e. The third-order valence-electron chi connectivity index (χ3n) is 7.07. The van der Waals surface area contributed by atoms with E-state index in [2.05, 4.69) is 27.8 Å². The Bertz CT molecular complexity index is 1750. The Balaban J connectivity index is 1.81. The van der Waals surface area contributed by atoms with Gasteiger partial charge in [0.2, 0.25) is 5.91 Å². The van der Waals surface area contributed by atoms with Gasteiger partial charge in [0.1, 0.15) is 0 Å². The number of rotatable bonds is 1. The first-order valence-electron chi connectivity index (χ1n) is 11.1. The van der Waals surface area contributed by atoms with Crippen molar-refractivity contribution in [1.29, 1.82) is 0 Å². The molecule has 2 aliphatic rings. The number of para-hydroxylation sites is 2. The maximum absolute atomic E-state index is 13.6. The SMILES string of the molecule is CC(=O)N1C(=O)c2c(c3c4ccccc4n(C4C=CCC4)c3c3[nH]c4ccccc4c23)C1=O. The molecule has 1 atom stereocenters. The number of amides is 3. The highest BCUT2D eigenvalue weighted by Gasteiger charge is 2.43. The van der Waals surface area contributed by atoms with Gasteiger partial charge >= 0.3 is 0 Å². The number of fused-ring (bicyclic) bond motifs is 10. The Morgan fingerprint density at radius 1 is 0.939 bits per heavy atom. The normalized spacial score (nSPS) is 18.0. The molecule has 3 heterocycles. The number of hydrogen-bond acceptors (Lipinski definition) is 3. The summed E-state index contributed by atoms with van der Waals surface area (Å²) in [4.78, 5) is 43.8. The third-order valence-corrected chi connectivity index (χ3v) is 7.07. The highest BCUT2D eigenvalue weighted by Crippen LogP contribution is 2.46. The van der Waals surface area contributed by atoms with Gasteiger partial charge in [-0.3, -0.25) is 14.4 Å². The van der Waals surface area contributed by atoms with Gasteiger partial charge in [-0.15, -0.1) is 0 Å². The number of allylic oxidation sites excluding steroid dienone is 2. The van der Waals surface area contributed by atoms with Crippen LogP contribution in [0.3, 0.4) is 0 Å². The van der Waals surface area contributed by atoms with E-state index in [0.717, 1.165) is 56.0 Å². The summed E-state index contributed by atoms with van der Waals surface area (Å²) in [6.07, 6.45) is 6.36. The van der Waals surface area contributed by atoms with E-state index in [-0.39, 0.29) is 6.04 Å². The number of imide groups is 3. The van der Waals surface area contributed by atoms with E-state index in [1.54, 1.807) is 0 Å². The summed E-state index contributed by atoms with van der Waals surface area (Å²) >= 11 is 0. The van der Waals surface area contributed by atoms with Crippen LogP contribution in [0.25, 0.3) is 43.6 Å². The Morgan fingerprint density at radius 2 is 1.64 bits per heavy atom. The summed E-state index contributed by atoms with van der Waals surface area (Å²) in [5.74, 6) is -1.65. The molecule has 0 spiro atoms. The molecule has 6 heteroatoms. The molecule has 1 N–H and O–H groups in total. The monoisotopic (exact) mass is 433 g/mol. The Hall–Kier alpha value is -4.19. The van der Waals surface area contributed by atoms with Crippen molar-refractivity contribution in [1.82, 2.24) is 14.5 Å². The lowest BCUT2D eigenvalue weighted by Crippen LogP contribution is -2.34. The van der Waals surface area contributed by atoms with Crippen molar-refractivity contribution < 1.29 is 14.4 Å². The van der Waals surface area contributed by atoms with Gasteiger partial charge in [0.25, 0.3) is 11.8 Å². The number of aromatic amines is 1. The predicted molar refractivity (Wildman–Crippen MR) is 127 cm³/mol. The molecule has 160 valence electrons. The van der Waals surface area contributed by atoms with Crippen LogP contribution in [-0.4, -0.2) is 32.2 Å². The minimum atomic E-state index is -0.565. The van der Waals surface area contributed by atoms with Crippen molar-refractivity contribution >= 4 is 61.3 Å². The first-order chi connectivity index (χ1) is 16.1. The van der Waals surface area contributed by atoms with E-state index in [0.29, 0.717) is 16.5 Å². The van der Waals surface area contributed by atoms with Crippen molar-refractivity contribution in [3.8, 4) is 0 Å². The molecular formula is C27H19N3O3. The molecule has 1 unspecified atom stereocenters. The summed E-state index contributed by atoms with van der Waals surface area (Å²) in [6.45, 7) is 1.26. The molecule has 3 aromatic carbocycles. The van der Waals surface area contributed by atoms with Gasteiger partial charge < -0.3 is 9.55 Å². The van der Waals surface area contributed by atoms with Crippen molar-refractivity contribution in [2.75, 3.05) is 0 Å². The van der Waals surface area contributed by atoms with Gasteiger partial charge in [-0.2, -0.15) is 0 Å². The number of aromatic nitrogens is 2. The van der Waals surface area contributed by atoms with Crippen LogP contribution in [0.2, 0.25) is 0 Å².